The Kier molecular flexibility index (Phi) is 8.76. The molecule has 0 bridgehead atoms. The maximum absolute atomic E-state index is 14.4. The lowest BCUT2D eigenvalue weighted by molar-refractivity contribution is -0.128. The highest BCUT2D eigenvalue weighted by Gasteiger charge is 2.38. The lowest BCUT2D eigenvalue weighted by atomic mass is 10.0. The molecule has 4 aromatic rings. The van der Waals surface area contributed by atoms with Gasteiger partial charge in [-0.2, -0.15) is 5.26 Å². The zero-order valence-corrected chi connectivity index (χ0v) is 25.5. The summed E-state index contributed by atoms with van der Waals surface area (Å²) >= 11 is 3.53. The quantitative estimate of drug-likeness (QED) is 0.301. The maximum Gasteiger partial charge on any atom is 0.259 e. The van der Waals surface area contributed by atoms with Gasteiger partial charge in [0.2, 0.25) is 5.91 Å². The SMILES string of the molecule is CNC(C)C(=O)NC1CN(C(=O)c2ccccc2C#N)c2ccccc2N(Cc2c(OC)ccc3cc(Br)ccc23)C1=O. The number of halogens is 1. The van der Waals surface area contributed by atoms with E-state index in [1.807, 2.05) is 30.3 Å². The molecule has 1 heterocycles. The van der Waals surface area contributed by atoms with E-state index < -0.39 is 18.0 Å². The zero-order chi connectivity index (χ0) is 30.7. The normalized spacial score (nSPS) is 15.3. The number of benzene rings is 4. The number of rotatable bonds is 7. The standard InChI is InChI=1S/C33H30BrN5O4/c1-20(36-2)31(40)37-27-19-39(32(41)25-9-5-4-8-22(25)17-35)29-11-7-6-10-28(29)38(33(27)42)18-26-24-14-13-23(34)16-21(24)12-15-30(26)43-3/h4-16,20,27,36H,18-19H2,1-3H3,(H,37,40). The van der Waals surface area contributed by atoms with Crippen molar-refractivity contribution in [3.05, 3.63) is 100 Å². The van der Waals surface area contributed by atoms with Gasteiger partial charge < -0.3 is 25.2 Å². The van der Waals surface area contributed by atoms with Crippen molar-refractivity contribution in [1.82, 2.24) is 10.6 Å². The van der Waals surface area contributed by atoms with Crippen molar-refractivity contribution in [3.63, 3.8) is 0 Å². The van der Waals surface area contributed by atoms with Gasteiger partial charge in [-0.25, -0.2) is 0 Å². The molecule has 10 heteroatoms. The molecule has 0 saturated carbocycles. The van der Waals surface area contributed by atoms with E-state index in [9.17, 15) is 19.6 Å². The predicted molar refractivity (Wildman–Crippen MR) is 169 cm³/mol. The van der Waals surface area contributed by atoms with Gasteiger partial charge in [-0.1, -0.05) is 52.3 Å². The maximum atomic E-state index is 14.4. The number of amides is 3. The van der Waals surface area contributed by atoms with Crippen LogP contribution in [0.5, 0.6) is 5.75 Å². The first-order chi connectivity index (χ1) is 20.8. The van der Waals surface area contributed by atoms with Crippen LogP contribution in [0.4, 0.5) is 11.4 Å². The van der Waals surface area contributed by atoms with Crippen molar-refractivity contribution in [3.8, 4) is 11.8 Å². The Morgan fingerprint density at radius 1 is 1.07 bits per heavy atom. The molecule has 5 rings (SSSR count). The smallest absolute Gasteiger partial charge is 0.259 e. The first-order valence-electron chi connectivity index (χ1n) is 13.7. The molecular formula is C33H30BrN5O4. The van der Waals surface area contributed by atoms with Crippen molar-refractivity contribution in [2.24, 2.45) is 0 Å². The lowest BCUT2D eigenvalue weighted by Crippen LogP contribution is -2.55. The number of nitriles is 1. The number of nitrogens with one attached hydrogen (secondary N) is 2. The van der Waals surface area contributed by atoms with Crippen LogP contribution in [0.1, 0.15) is 28.4 Å². The molecule has 1 aliphatic rings. The molecule has 4 aromatic carbocycles. The van der Waals surface area contributed by atoms with Crippen molar-refractivity contribution >= 4 is 55.8 Å². The van der Waals surface area contributed by atoms with Crippen LogP contribution < -0.4 is 25.2 Å². The van der Waals surface area contributed by atoms with E-state index >= 15 is 0 Å². The second-order valence-electron chi connectivity index (χ2n) is 10.2. The number of para-hydroxylation sites is 2. The number of hydrogen-bond acceptors (Lipinski definition) is 6. The molecular weight excluding hydrogens is 610 g/mol. The number of nitrogens with zero attached hydrogens (tertiary/aromatic N) is 3. The van der Waals surface area contributed by atoms with Gasteiger partial charge in [-0.3, -0.25) is 14.4 Å². The molecule has 0 fully saturated rings. The van der Waals surface area contributed by atoms with Crippen LogP contribution in [0.2, 0.25) is 0 Å². The predicted octanol–water partition coefficient (Wildman–Crippen LogP) is 4.77. The van der Waals surface area contributed by atoms with Crippen LogP contribution in [0, 0.1) is 11.3 Å². The van der Waals surface area contributed by atoms with Gasteiger partial charge in [-0.05, 0) is 67.2 Å². The van der Waals surface area contributed by atoms with Crippen LogP contribution in [0.3, 0.4) is 0 Å². The van der Waals surface area contributed by atoms with Crippen LogP contribution in [0.15, 0.2) is 83.3 Å². The van der Waals surface area contributed by atoms with Gasteiger partial charge >= 0.3 is 0 Å². The minimum Gasteiger partial charge on any atom is -0.496 e. The molecule has 0 spiro atoms. The number of anilines is 2. The highest BCUT2D eigenvalue weighted by molar-refractivity contribution is 9.10. The minimum atomic E-state index is -1.08. The fourth-order valence-corrected chi connectivity index (χ4v) is 5.63. The first-order valence-corrected chi connectivity index (χ1v) is 14.5. The van der Waals surface area contributed by atoms with Gasteiger partial charge in [-0.15, -0.1) is 0 Å². The molecule has 43 heavy (non-hydrogen) atoms. The molecule has 2 N–H and O–H groups in total. The largest absolute Gasteiger partial charge is 0.496 e. The van der Waals surface area contributed by atoms with E-state index in [1.165, 1.54) is 4.90 Å². The van der Waals surface area contributed by atoms with E-state index in [1.54, 1.807) is 74.5 Å². The van der Waals surface area contributed by atoms with Gasteiger partial charge in [0.05, 0.1) is 54.8 Å². The van der Waals surface area contributed by atoms with Crippen molar-refractivity contribution in [1.29, 1.82) is 5.26 Å². The van der Waals surface area contributed by atoms with E-state index in [0.29, 0.717) is 17.1 Å². The molecule has 0 aliphatic carbocycles. The third-order valence-electron chi connectivity index (χ3n) is 7.65. The molecule has 2 atom stereocenters. The molecule has 0 radical (unpaired) electrons. The number of carbonyl (C=O) groups excluding carboxylic acids is 3. The van der Waals surface area contributed by atoms with Gasteiger partial charge in [0.25, 0.3) is 11.8 Å². The van der Waals surface area contributed by atoms with Crippen molar-refractivity contribution < 1.29 is 19.1 Å². The molecule has 0 aromatic heterocycles. The topological polar surface area (TPSA) is 115 Å². The van der Waals surface area contributed by atoms with Crippen LogP contribution in [0.25, 0.3) is 10.8 Å². The summed E-state index contributed by atoms with van der Waals surface area (Å²) in [7, 11) is 3.23. The Balaban J connectivity index is 1.67. The monoisotopic (exact) mass is 639 g/mol. The molecule has 9 nitrogen and oxygen atoms in total. The van der Waals surface area contributed by atoms with E-state index in [2.05, 4.69) is 32.6 Å². The Bertz CT molecular complexity index is 1770. The van der Waals surface area contributed by atoms with Gasteiger partial charge in [0.15, 0.2) is 0 Å². The number of likely N-dealkylation sites (N-methyl/N-ethyl adjacent to an activating group) is 1. The third kappa shape index (κ3) is 5.82. The Hall–Kier alpha value is -4.72. The molecule has 218 valence electrons. The van der Waals surface area contributed by atoms with Crippen LogP contribution >= 0.6 is 15.9 Å². The van der Waals surface area contributed by atoms with E-state index in [0.717, 1.165) is 20.8 Å². The molecule has 1 aliphatic heterocycles. The number of fused-ring (bicyclic) bond motifs is 2. The first kappa shape index (κ1) is 29.8. The average molecular weight is 641 g/mol. The summed E-state index contributed by atoms with van der Waals surface area (Å²) in [5.74, 6) is -0.620. The number of carbonyl (C=O) groups is 3. The fourth-order valence-electron chi connectivity index (χ4n) is 5.25. The van der Waals surface area contributed by atoms with Crippen LogP contribution in [-0.4, -0.2) is 50.5 Å². The van der Waals surface area contributed by atoms with Crippen LogP contribution in [-0.2, 0) is 16.1 Å². The minimum absolute atomic E-state index is 0.114. The Morgan fingerprint density at radius 3 is 2.51 bits per heavy atom. The Labute approximate surface area is 258 Å². The summed E-state index contributed by atoms with van der Waals surface area (Å²) in [5, 5.41) is 17.3. The number of ether oxygens (including phenoxy) is 1. The van der Waals surface area contributed by atoms with E-state index in [4.69, 9.17) is 4.74 Å². The highest BCUT2D eigenvalue weighted by atomic mass is 79.9. The number of hydrogen-bond donors (Lipinski definition) is 2. The summed E-state index contributed by atoms with van der Waals surface area (Å²) in [4.78, 5) is 44.7. The highest BCUT2D eigenvalue weighted by Crippen LogP contribution is 2.38. The summed E-state index contributed by atoms with van der Waals surface area (Å²) in [6.45, 7) is 1.67. The van der Waals surface area contributed by atoms with Gasteiger partial charge in [0.1, 0.15) is 11.8 Å². The second kappa shape index (κ2) is 12.7. The van der Waals surface area contributed by atoms with E-state index in [-0.39, 0.29) is 36.0 Å². The summed E-state index contributed by atoms with van der Waals surface area (Å²) in [6.07, 6.45) is 0. The Morgan fingerprint density at radius 2 is 1.79 bits per heavy atom. The van der Waals surface area contributed by atoms with Crippen molar-refractivity contribution in [2.75, 3.05) is 30.5 Å². The fraction of sp³-hybridized carbons (Fsp3) is 0.212. The number of methoxy groups -OCH3 is 1. The summed E-state index contributed by atoms with van der Waals surface area (Å²) in [5.41, 5.74) is 2.17. The van der Waals surface area contributed by atoms with Gasteiger partial charge in [0, 0.05) is 10.0 Å². The zero-order valence-electron chi connectivity index (χ0n) is 23.9. The van der Waals surface area contributed by atoms with Crippen molar-refractivity contribution in [2.45, 2.75) is 25.6 Å². The molecule has 2 unspecified atom stereocenters. The second-order valence-corrected chi connectivity index (χ2v) is 11.1. The summed E-state index contributed by atoms with van der Waals surface area (Å²) in [6, 6.07) is 23.8. The summed E-state index contributed by atoms with van der Waals surface area (Å²) < 4.78 is 6.65. The molecule has 0 saturated heterocycles. The molecule has 3 amide bonds. The third-order valence-corrected chi connectivity index (χ3v) is 8.14. The lowest BCUT2D eigenvalue weighted by Gasteiger charge is -2.27. The average Bonchev–Trinajstić information content (AvgIpc) is 3.14.